The molecule has 0 saturated heterocycles. The van der Waals surface area contributed by atoms with E-state index in [9.17, 15) is 4.79 Å². The zero-order valence-electron chi connectivity index (χ0n) is 6.03. The van der Waals surface area contributed by atoms with Crippen LogP contribution in [0.3, 0.4) is 0 Å². The van der Waals surface area contributed by atoms with Gasteiger partial charge in [0.1, 0.15) is 4.60 Å². The number of carboxylic acid groups (broad SMARTS) is 1. The Hall–Kier alpha value is -1.10. The molecule has 0 amide bonds. The third-order valence-corrected chi connectivity index (χ3v) is 1.67. The molecule has 1 rings (SSSR count). The number of aromatic nitrogens is 1. The lowest BCUT2D eigenvalue weighted by Crippen LogP contribution is -2.09. The standard InChI is InChI=1S/C7H6BrNO3/c8-7-5(2-1-3-9-7)12-4-6(10)11/h1-3H,4H2,(H,10,11). The number of nitrogens with zero attached hydrogens (tertiary/aromatic N) is 1. The number of hydrogen-bond donors (Lipinski definition) is 1. The van der Waals surface area contributed by atoms with Crippen LogP contribution < -0.4 is 4.74 Å². The number of carbonyl (C=O) groups is 1. The van der Waals surface area contributed by atoms with E-state index in [0.29, 0.717) is 10.4 Å². The summed E-state index contributed by atoms with van der Waals surface area (Å²) in [4.78, 5) is 14.0. The Bertz CT molecular complexity index is 290. The van der Waals surface area contributed by atoms with Crippen LogP contribution in [0.5, 0.6) is 5.75 Å². The number of halogens is 1. The second-order valence-electron chi connectivity index (χ2n) is 1.97. The molecule has 0 saturated carbocycles. The first kappa shape index (κ1) is 8.99. The number of aliphatic carboxylic acids is 1. The van der Waals surface area contributed by atoms with Crippen LogP contribution in [0.15, 0.2) is 22.9 Å². The van der Waals surface area contributed by atoms with Crippen LogP contribution in [0.4, 0.5) is 0 Å². The first-order valence-corrected chi connectivity index (χ1v) is 3.94. The summed E-state index contributed by atoms with van der Waals surface area (Å²) in [5, 5.41) is 8.30. The fraction of sp³-hybridized carbons (Fsp3) is 0.143. The van der Waals surface area contributed by atoms with E-state index in [-0.39, 0.29) is 6.61 Å². The minimum absolute atomic E-state index is 0.357. The Morgan fingerprint density at radius 3 is 3.08 bits per heavy atom. The molecule has 0 unspecified atom stereocenters. The van der Waals surface area contributed by atoms with Crippen LogP contribution in [-0.4, -0.2) is 22.7 Å². The van der Waals surface area contributed by atoms with Crippen molar-refractivity contribution in [3.8, 4) is 5.75 Å². The Labute approximate surface area is 77.3 Å². The number of carboxylic acids is 1. The molecule has 4 nitrogen and oxygen atoms in total. The fourth-order valence-corrected chi connectivity index (χ4v) is 0.983. The van der Waals surface area contributed by atoms with Crippen molar-refractivity contribution in [2.45, 2.75) is 0 Å². The van der Waals surface area contributed by atoms with Crippen LogP contribution >= 0.6 is 15.9 Å². The summed E-state index contributed by atoms with van der Waals surface area (Å²) in [6.07, 6.45) is 1.58. The van der Waals surface area contributed by atoms with E-state index in [1.165, 1.54) is 0 Å². The largest absolute Gasteiger partial charge is 0.479 e. The average molecular weight is 232 g/mol. The first-order valence-electron chi connectivity index (χ1n) is 3.15. The molecule has 1 aromatic rings. The van der Waals surface area contributed by atoms with Gasteiger partial charge >= 0.3 is 5.97 Å². The quantitative estimate of drug-likeness (QED) is 0.798. The van der Waals surface area contributed by atoms with E-state index in [1.54, 1.807) is 18.3 Å². The maximum Gasteiger partial charge on any atom is 0.341 e. The Morgan fingerprint density at radius 1 is 1.75 bits per heavy atom. The minimum atomic E-state index is -1.01. The zero-order valence-corrected chi connectivity index (χ0v) is 7.61. The molecule has 0 spiro atoms. The molecule has 1 heterocycles. The highest BCUT2D eigenvalue weighted by molar-refractivity contribution is 9.10. The van der Waals surface area contributed by atoms with Gasteiger partial charge in [-0.25, -0.2) is 9.78 Å². The second-order valence-corrected chi connectivity index (χ2v) is 2.73. The number of pyridine rings is 1. The van der Waals surface area contributed by atoms with Crippen LogP contribution in [-0.2, 0) is 4.79 Å². The van der Waals surface area contributed by atoms with Gasteiger partial charge in [-0.3, -0.25) is 0 Å². The van der Waals surface area contributed by atoms with E-state index in [2.05, 4.69) is 20.9 Å². The Kier molecular flexibility index (Phi) is 3.04. The zero-order chi connectivity index (χ0) is 8.97. The molecule has 0 radical (unpaired) electrons. The lowest BCUT2D eigenvalue weighted by molar-refractivity contribution is -0.139. The highest BCUT2D eigenvalue weighted by atomic mass is 79.9. The van der Waals surface area contributed by atoms with Gasteiger partial charge in [0.15, 0.2) is 12.4 Å². The average Bonchev–Trinajstić information content (AvgIpc) is 2.03. The van der Waals surface area contributed by atoms with Crippen LogP contribution in [0.25, 0.3) is 0 Å². The second kappa shape index (κ2) is 4.06. The maximum absolute atomic E-state index is 10.1. The molecule has 0 bridgehead atoms. The van der Waals surface area contributed by atoms with Crippen molar-refractivity contribution in [2.24, 2.45) is 0 Å². The molecule has 5 heteroatoms. The normalized spacial score (nSPS) is 9.42. The Balaban J connectivity index is 2.63. The van der Waals surface area contributed by atoms with Gasteiger partial charge in [0.25, 0.3) is 0 Å². The number of rotatable bonds is 3. The third-order valence-electron chi connectivity index (χ3n) is 1.08. The van der Waals surface area contributed by atoms with Crippen molar-refractivity contribution in [2.75, 3.05) is 6.61 Å². The molecule has 64 valence electrons. The summed E-state index contributed by atoms with van der Waals surface area (Å²) in [7, 11) is 0. The minimum Gasteiger partial charge on any atom is -0.479 e. The molecule has 0 atom stereocenters. The molecular formula is C7H6BrNO3. The van der Waals surface area contributed by atoms with Gasteiger partial charge in [0.05, 0.1) is 0 Å². The molecule has 12 heavy (non-hydrogen) atoms. The fourth-order valence-electron chi connectivity index (χ4n) is 0.618. The smallest absolute Gasteiger partial charge is 0.341 e. The van der Waals surface area contributed by atoms with Crippen molar-refractivity contribution in [1.82, 2.24) is 4.98 Å². The van der Waals surface area contributed by atoms with Gasteiger partial charge in [-0.05, 0) is 28.1 Å². The summed E-state index contributed by atoms with van der Waals surface area (Å²) >= 11 is 3.12. The van der Waals surface area contributed by atoms with Gasteiger partial charge in [0.2, 0.25) is 0 Å². The van der Waals surface area contributed by atoms with Crippen LogP contribution in [0.1, 0.15) is 0 Å². The molecule has 0 aliphatic rings. The summed E-state index contributed by atoms with van der Waals surface area (Å²) in [5.41, 5.74) is 0. The topological polar surface area (TPSA) is 59.4 Å². The third kappa shape index (κ3) is 2.50. The van der Waals surface area contributed by atoms with E-state index < -0.39 is 5.97 Å². The predicted molar refractivity (Wildman–Crippen MR) is 45.1 cm³/mol. The van der Waals surface area contributed by atoms with Crippen LogP contribution in [0.2, 0.25) is 0 Å². The van der Waals surface area contributed by atoms with Crippen molar-refractivity contribution < 1.29 is 14.6 Å². The molecule has 0 fully saturated rings. The van der Waals surface area contributed by atoms with E-state index >= 15 is 0 Å². The number of ether oxygens (including phenoxy) is 1. The molecular weight excluding hydrogens is 226 g/mol. The van der Waals surface area contributed by atoms with Gasteiger partial charge < -0.3 is 9.84 Å². The lowest BCUT2D eigenvalue weighted by Gasteiger charge is -2.02. The summed E-state index contributed by atoms with van der Waals surface area (Å²) in [6, 6.07) is 3.31. The van der Waals surface area contributed by atoms with Gasteiger partial charge in [-0.2, -0.15) is 0 Å². The molecule has 0 aromatic carbocycles. The van der Waals surface area contributed by atoms with Gasteiger partial charge in [-0.1, -0.05) is 0 Å². The lowest BCUT2D eigenvalue weighted by atomic mass is 10.5. The van der Waals surface area contributed by atoms with Crippen molar-refractivity contribution in [3.63, 3.8) is 0 Å². The molecule has 0 aliphatic heterocycles. The highest BCUT2D eigenvalue weighted by Gasteiger charge is 2.02. The Morgan fingerprint density at radius 2 is 2.50 bits per heavy atom. The van der Waals surface area contributed by atoms with Crippen molar-refractivity contribution in [1.29, 1.82) is 0 Å². The van der Waals surface area contributed by atoms with E-state index in [0.717, 1.165) is 0 Å². The van der Waals surface area contributed by atoms with E-state index in [1.807, 2.05) is 0 Å². The van der Waals surface area contributed by atoms with Crippen LogP contribution in [0, 0.1) is 0 Å². The summed E-state index contributed by atoms with van der Waals surface area (Å²) in [6.45, 7) is -0.357. The maximum atomic E-state index is 10.1. The molecule has 1 N–H and O–H groups in total. The predicted octanol–water partition coefficient (Wildman–Crippen LogP) is 1.31. The van der Waals surface area contributed by atoms with Crippen molar-refractivity contribution in [3.05, 3.63) is 22.9 Å². The van der Waals surface area contributed by atoms with Crippen molar-refractivity contribution >= 4 is 21.9 Å². The molecule has 1 aromatic heterocycles. The molecule has 0 aliphatic carbocycles. The number of hydrogen-bond acceptors (Lipinski definition) is 3. The first-order chi connectivity index (χ1) is 5.70. The highest BCUT2D eigenvalue weighted by Crippen LogP contribution is 2.20. The van der Waals surface area contributed by atoms with Gasteiger partial charge in [-0.15, -0.1) is 0 Å². The SMILES string of the molecule is O=C(O)COc1cccnc1Br. The summed E-state index contributed by atoms with van der Waals surface area (Å²) < 4.78 is 5.40. The monoisotopic (exact) mass is 231 g/mol. The van der Waals surface area contributed by atoms with Gasteiger partial charge in [0, 0.05) is 6.20 Å². The van der Waals surface area contributed by atoms with E-state index in [4.69, 9.17) is 9.84 Å². The summed E-state index contributed by atoms with van der Waals surface area (Å²) in [5.74, 6) is -0.578.